The molecule has 0 radical (unpaired) electrons. The molecule has 0 saturated carbocycles. The molecule has 150 valence electrons. The summed E-state index contributed by atoms with van der Waals surface area (Å²) in [5, 5.41) is 18.9. The molecule has 10 heteroatoms. The molecule has 2 heterocycles. The number of anilines is 1. The molecule has 0 aliphatic heterocycles. The van der Waals surface area contributed by atoms with Gasteiger partial charge >= 0.3 is 0 Å². The Morgan fingerprint density at radius 2 is 1.97 bits per heavy atom. The second kappa shape index (κ2) is 8.13. The number of nitrogens with zero attached hydrogens (tertiary/aromatic N) is 2. The third kappa shape index (κ3) is 4.18. The van der Waals surface area contributed by atoms with Crippen LogP contribution in [-0.2, 0) is 4.79 Å². The number of nitrogens with one attached hydrogen (secondary N) is 2. The number of para-hydroxylation sites is 1. The second-order valence-electron chi connectivity index (χ2n) is 6.22. The molecule has 0 fully saturated rings. The Hall–Kier alpha value is -4.05. The summed E-state index contributed by atoms with van der Waals surface area (Å²) >= 11 is 1.23. The van der Waals surface area contributed by atoms with Gasteiger partial charge in [0.15, 0.2) is 10.9 Å². The number of hydrogen-bond donors (Lipinski definition) is 2. The van der Waals surface area contributed by atoms with Crippen molar-refractivity contribution in [1.82, 2.24) is 10.3 Å². The maximum atomic E-state index is 12.1. The number of nitro groups is 1. The fourth-order valence-electron chi connectivity index (χ4n) is 2.74. The zero-order valence-electron chi connectivity index (χ0n) is 15.3. The minimum atomic E-state index is -0.592. The zero-order valence-corrected chi connectivity index (χ0v) is 16.1. The number of rotatable bonds is 6. The van der Waals surface area contributed by atoms with Crippen LogP contribution < -0.4 is 10.6 Å². The molecule has 9 nitrogen and oxygen atoms in total. The predicted octanol–water partition coefficient (Wildman–Crippen LogP) is 3.83. The highest BCUT2D eigenvalue weighted by atomic mass is 32.1. The number of non-ortho nitro benzene ring substituents is 1. The van der Waals surface area contributed by atoms with Crippen molar-refractivity contribution in [2.45, 2.75) is 0 Å². The molecule has 0 spiro atoms. The van der Waals surface area contributed by atoms with Crippen LogP contribution in [0, 0.1) is 10.1 Å². The topological polar surface area (TPSA) is 127 Å². The van der Waals surface area contributed by atoms with Crippen LogP contribution in [0.5, 0.6) is 0 Å². The lowest BCUT2D eigenvalue weighted by Gasteiger charge is -2.05. The van der Waals surface area contributed by atoms with Crippen molar-refractivity contribution >= 4 is 44.9 Å². The van der Waals surface area contributed by atoms with Gasteiger partial charge in [0.05, 0.1) is 11.5 Å². The number of fused-ring (bicyclic) bond motifs is 1. The van der Waals surface area contributed by atoms with Gasteiger partial charge in [-0.25, -0.2) is 4.98 Å². The minimum Gasteiger partial charge on any atom is -0.454 e. The largest absolute Gasteiger partial charge is 0.454 e. The Labute approximate surface area is 173 Å². The van der Waals surface area contributed by atoms with Crippen molar-refractivity contribution in [3.63, 3.8) is 0 Å². The molecule has 0 aliphatic carbocycles. The van der Waals surface area contributed by atoms with Crippen molar-refractivity contribution in [3.05, 3.63) is 75.7 Å². The number of nitro benzene ring substituents is 1. The third-order valence-corrected chi connectivity index (χ3v) is 4.91. The molecule has 0 saturated heterocycles. The molecular formula is C20H14N4O5S. The highest BCUT2D eigenvalue weighted by molar-refractivity contribution is 7.14. The first-order valence-corrected chi connectivity index (χ1v) is 9.64. The number of thiazole rings is 1. The van der Waals surface area contributed by atoms with Crippen LogP contribution in [0.4, 0.5) is 10.8 Å². The fourth-order valence-corrected chi connectivity index (χ4v) is 3.46. The monoisotopic (exact) mass is 422 g/mol. The summed E-state index contributed by atoms with van der Waals surface area (Å²) in [6.07, 6.45) is 0. The lowest BCUT2D eigenvalue weighted by atomic mass is 10.2. The molecule has 0 atom stereocenters. The molecule has 2 N–H and O–H groups in total. The number of carbonyl (C=O) groups excluding carboxylic acids is 2. The molecule has 0 bridgehead atoms. The van der Waals surface area contributed by atoms with E-state index >= 15 is 0 Å². The number of aromatic nitrogens is 1. The third-order valence-electron chi connectivity index (χ3n) is 4.16. The number of amides is 2. The Morgan fingerprint density at radius 1 is 1.13 bits per heavy atom. The van der Waals surface area contributed by atoms with E-state index in [4.69, 9.17) is 4.42 Å². The van der Waals surface area contributed by atoms with E-state index in [9.17, 15) is 19.7 Å². The highest BCUT2D eigenvalue weighted by Crippen LogP contribution is 2.30. The summed E-state index contributed by atoms with van der Waals surface area (Å²) in [7, 11) is 0. The van der Waals surface area contributed by atoms with Gasteiger partial charge in [0.25, 0.3) is 11.6 Å². The number of benzene rings is 2. The van der Waals surface area contributed by atoms with Crippen LogP contribution in [0.1, 0.15) is 10.4 Å². The maximum absolute atomic E-state index is 12.1. The molecule has 4 rings (SSSR count). The summed E-state index contributed by atoms with van der Waals surface area (Å²) in [5.74, 6) is -0.470. The lowest BCUT2D eigenvalue weighted by Crippen LogP contribution is -2.32. The van der Waals surface area contributed by atoms with Gasteiger partial charge in [-0.2, -0.15) is 0 Å². The van der Waals surface area contributed by atoms with Gasteiger partial charge in [-0.05, 0) is 18.2 Å². The number of hydrogen-bond acceptors (Lipinski definition) is 7. The first-order valence-electron chi connectivity index (χ1n) is 8.76. The smallest absolute Gasteiger partial charge is 0.270 e. The van der Waals surface area contributed by atoms with E-state index < -0.39 is 16.7 Å². The summed E-state index contributed by atoms with van der Waals surface area (Å²) in [5.41, 5.74) is 1.23. The van der Waals surface area contributed by atoms with Crippen LogP contribution in [0.3, 0.4) is 0 Å². The van der Waals surface area contributed by atoms with Crippen molar-refractivity contribution in [1.29, 1.82) is 0 Å². The summed E-state index contributed by atoms with van der Waals surface area (Å²) < 4.78 is 5.75. The van der Waals surface area contributed by atoms with Gasteiger partial charge in [-0.3, -0.25) is 19.7 Å². The molecule has 4 aromatic rings. The van der Waals surface area contributed by atoms with Crippen LogP contribution in [-0.4, -0.2) is 28.3 Å². The van der Waals surface area contributed by atoms with E-state index in [1.165, 1.54) is 29.5 Å². The highest BCUT2D eigenvalue weighted by Gasteiger charge is 2.14. The molecule has 2 amide bonds. The molecular weight excluding hydrogens is 408 g/mol. The Morgan fingerprint density at radius 3 is 2.77 bits per heavy atom. The molecule has 0 unspecified atom stereocenters. The van der Waals surface area contributed by atoms with Gasteiger partial charge in [-0.1, -0.05) is 24.3 Å². The fraction of sp³-hybridized carbons (Fsp3) is 0.0500. The Bertz CT molecular complexity index is 1230. The summed E-state index contributed by atoms with van der Waals surface area (Å²) in [4.78, 5) is 38.8. The standard InChI is InChI=1S/C20H14N4O5S/c25-18(10-21-19(26)13-5-3-6-14(8-13)24(27)28)23-20-22-15(11-30-20)17-9-12-4-1-2-7-16(12)29-17/h1-9,11H,10H2,(H,21,26)(H,22,23,25). The lowest BCUT2D eigenvalue weighted by molar-refractivity contribution is -0.384. The van der Waals surface area contributed by atoms with Gasteiger partial charge in [0.2, 0.25) is 5.91 Å². The predicted molar refractivity (Wildman–Crippen MR) is 111 cm³/mol. The number of furan rings is 1. The van der Waals surface area contributed by atoms with E-state index in [0.29, 0.717) is 16.6 Å². The van der Waals surface area contributed by atoms with E-state index in [0.717, 1.165) is 17.0 Å². The van der Waals surface area contributed by atoms with Gasteiger partial charge in [0, 0.05) is 28.5 Å². The Balaban J connectivity index is 1.36. The molecule has 2 aromatic heterocycles. The van der Waals surface area contributed by atoms with Crippen LogP contribution in [0.25, 0.3) is 22.4 Å². The van der Waals surface area contributed by atoms with Gasteiger partial charge in [-0.15, -0.1) is 11.3 Å². The molecule has 30 heavy (non-hydrogen) atoms. The van der Waals surface area contributed by atoms with Crippen molar-refractivity contribution in [2.75, 3.05) is 11.9 Å². The van der Waals surface area contributed by atoms with Crippen LogP contribution in [0.15, 0.2) is 64.4 Å². The first kappa shape index (κ1) is 19.3. The summed E-state index contributed by atoms with van der Waals surface area (Å²) in [6.45, 7) is -0.304. The van der Waals surface area contributed by atoms with E-state index in [2.05, 4.69) is 15.6 Å². The van der Waals surface area contributed by atoms with Gasteiger partial charge in [0.1, 0.15) is 11.3 Å². The summed E-state index contributed by atoms with van der Waals surface area (Å²) in [6, 6.07) is 14.7. The maximum Gasteiger partial charge on any atom is 0.270 e. The van der Waals surface area contributed by atoms with E-state index in [1.54, 1.807) is 5.38 Å². The average molecular weight is 422 g/mol. The van der Waals surface area contributed by atoms with E-state index in [-0.39, 0.29) is 17.8 Å². The average Bonchev–Trinajstić information content (AvgIpc) is 3.38. The van der Waals surface area contributed by atoms with Crippen molar-refractivity contribution in [2.24, 2.45) is 0 Å². The Kier molecular flexibility index (Phi) is 5.22. The van der Waals surface area contributed by atoms with Crippen molar-refractivity contribution in [3.8, 4) is 11.5 Å². The van der Waals surface area contributed by atoms with Gasteiger partial charge < -0.3 is 15.1 Å². The van der Waals surface area contributed by atoms with E-state index in [1.807, 2.05) is 30.3 Å². The zero-order chi connectivity index (χ0) is 21.1. The normalized spacial score (nSPS) is 10.7. The minimum absolute atomic E-state index is 0.0958. The second-order valence-corrected chi connectivity index (χ2v) is 7.08. The van der Waals surface area contributed by atoms with Crippen LogP contribution in [0.2, 0.25) is 0 Å². The quantitative estimate of drug-likeness (QED) is 0.359. The number of carbonyl (C=O) groups is 2. The van der Waals surface area contributed by atoms with Crippen LogP contribution >= 0.6 is 11.3 Å². The van der Waals surface area contributed by atoms with Crippen molar-refractivity contribution < 1.29 is 18.9 Å². The first-order chi connectivity index (χ1) is 14.5. The molecule has 2 aromatic carbocycles. The molecule has 0 aliphatic rings. The SMILES string of the molecule is O=C(CNC(=O)c1cccc([N+](=O)[O-])c1)Nc1nc(-c2cc3ccccc3o2)cs1.